The van der Waals surface area contributed by atoms with E-state index in [1.54, 1.807) is 0 Å². The summed E-state index contributed by atoms with van der Waals surface area (Å²) in [5.74, 6) is 1.86. The van der Waals surface area contributed by atoms with Gasteiger partial charge in [0.2, 0.25) is 0 Å². The fraction of sp³-hybridized carbons (Fsp3) is 1.00. The van der Waals surface area contributed by atoms with Crippen LogP contribution in [0, 0.1) is 11.8 Å². The average molecular weight is 197 g/mol. The molecule has 82 valence electrons. The van der Waals surface area contributed by atoms with E-state index in [4.69, 9.17) is 4.74 Å². The minimum Gasteiger partial charge on any atom is -0.380 e. The predicted molar refractivity (Wildman–Crippen MR) is 58.3 cm³/mol. The molecule has 0 bridgehead atoms. The summed E-state index contributed by atoms with van der Waals surface area (Å²) >= 11 is 0. The van der Waals surface area contributed by atoms with Gasteiger partial charge in [0.1, 0.15) is 0 Å². The van der Waals surface area contributed by atoms with Gasteiger partial charge in [-0.2, -0.15) is 0 Å². The number of hydrogen-bond donors (Lipinski definition) is 1. The molecule has 1 aliphatic carbocycles. The molecular formula is C12H23NO. The largest absolute Gasteiger partial charge is 0.380 e. The van der Waals surface area contributed by atoms with E-state index in [1.807, 2.05) is 0 Å². The minimum atomic E-state index is 0.636. The van der Waals surface area contributed by atoms with Gasteiger partial charge in [-0.1, -0.05) is 19.8 Å². The molecule has 2 heteroatoms. The highest BCUT2D eigenvalue weighted by atomic mass is 16.5. The second kappa shape index (κ2) is 5.13. The third kappa shape index (κ3) is 2.71. The van der Waals surface area contributed by atoms with Crippen molar-refractivity contribution >= 4 is 0 Å². The summed E-state index contributed by atoms with van der Waals surface area (Å²) < 4.78 is 5.46. The molecule has 1 saturated heterocycles. The maximum atomic E-state index is 5.46. The van der Waals surface area contributed by atoms with E-state index in [0.29, 0.717) is 6.04 Å². The van der Waals surface area contributed by atoms with E-state index >= 15 is 0 Å². The van der Waals surface area contributed by atoms with Crippen molar-refractivity contribution in [2.45, 2.75) is 45.1 Å². The molecule has 2 nitrogen and oxygen atoms in total. The van der Waals surface area contributed by atoms with Crippen molar-refractivity contribution in [1.82, 2.24) is 5.32 Å². The number of hydrogen-bond acceptors (Lipinski definition) is 2. The molecular weight excluding hydrogens is 174 g/mol. The fourth-order valence-corrected chi connectivity index (χ4v) is 2.75. The van der Waals surface area contributed by atoms with Crippen LogP contribution >= 0.6 is 0 Å². The summed E-state index contributed by atoms with van der Waals surface area (Å²) in [6.07, 6.45) is 6.85. The van der Waals surface area contributed by atoms with Crippen molar-refractivity contribution in [3.05, 3.63) is 0 Å². The summed E-state index contributed by atoms with van der Waals surface area (Å²) in [4.78, 5) is 0. The van der Waals surface area contributed by atoms with Crippen LogP contribution in [-0.4, -0.2) is 25.8 Å². The zero-order valence-electron chi connectivity index (χ0n) is 9.30. The lowest BCUT2D eigenvalue weighted by Gasteiger charge is -2.25. The van der Waals surface area contributed by atoms with Gasteiger partial charge in [0.25, 0.3) is 0 Å². The quantitative estimate of drug-likeness (QED) is 0.749. The predicted octanol–water partition coefficient (Wildman–Crippen LogP) is 2.19. The molecule has 2 aliphatic rings. The smallest absolute Gasteiger partial charge is 0.0619 e. The first-order valence-electron chi connectivity index (χ1n) is 6.17. The van der Waals surface area contributed by atoms with Crippen LogP contribution in [0.4, 0.5) is 0 Å². The third-order valence-electron chi connectivity index (χ3n) is 3.87. The monoisotopic (exact) mass is 197 g/mol. The molecule has 0 aromatic carbocycles. The van der Waals surface area contributed by atoms with Crippen molar-refractivity contribution in [3.8, 4) is 0 Å². The molecule has 1 heterocycles. The van der Waals surface area contributed by atoms with Gasteiger partial charge in [-0.25, -0.2) is 0 Å². The van der Waals surface area contributed by atoms with E-state index < -0.39 is 0 Å². The van der Waals surface area contributed by atoms with E-state index in [9.17, 15) is 0 Å². The summed E-state index contributed by atoms with van der Waals surface area (Å²) in [5.41, 5.74) is 0. The Labute approximate surface area is 87.4 Å². The Bertz CT molecular complexity index is 166. The highest BCUT2D eigenvalue weighted by Gasteiger charge is 2.24. The Morgan fingerprint density at radius 3 is 2.79 bits per heavy atom. The molecule has 0 aromatic rings. The highest BCUT2D eigenvalue weighted by molar-refractivity contribution is 4.78. The summed E-state index contributed by atoms with van der Waals surface area (Å²) in [6, 6.07) is 0.636. The highest BCUT2D eigenvalue weighted by Crippen LogP contribution is 2.30. The van der Waals surface area contributed by atoms with E-state index in [2.05, 4.69) is 12.2 Å². The lowest BCUT2D eigenvalue weighted by atomic mass is 9.97. The lowest BCUT2D eigenvalue weighted by molar-refractivity contribution is 0.0685. The maximum absolute atomic E-state index is 5.46. The maximum Gasteiger partial charge on any atom is 0.0619 e. The molecule has 1 aliphatic heterocycles. The van der Waals surface area contributed by atoms with Crippen molar-refractivity contribution in [1.29, 1.82) is 0 Å². The van der Waals surface area contributed by atoms with Gasteiger partial charge in [0.15, 0.2) is 0 Å². The molecule has 0 aromatic heterocycles. The SMILES string of the molecule is CC1CCCC1CNC1CCCOC1. The number of nitrogens with one attached hydrogen (secondary N) is 1. The minimum absolute atomic E-state index is 0.636. The second-order valence-electron chi connectivity index (χ2n) is 4.99. The Balaban J connectivity index is 1.65. The van der Waals surface area contributed by atoms with Crippen LogP contribution in [0.2, 0.25) is 0 Å². The van der Waals surface area contributed by atoms with Crippen LogP contribution < -0.4 is 5.32 Å². The van der Waals surface area contributed by atoms with Gasteiger partial charge in [0, 0.05) is 12.6 Å². The topological polar surface area (TPSA) is 21.3 Å². The van der Waals surface area contributed by atoms with Gasteiger partial charge in [0.05, 0.1) is 6.61 Å². The Morgan fingerprint density at radius 2 is 2.14 bits per heavy atom. The van der Waals surface area contributed by atoms with Gasteiger partial charge in [-0.15, -0.1) is 0 Å². The molecule has 2 rings (SSSR count). The van der Waals surface area contributed by atoms with Crippen LogP contribution in [-0.2, 0) is 4.74 Å². The summed E-state index contributed by atoms with van der Waals surface area (Å²) in [6.45, 7) is 5.52. The normalized spacial score (nSPS) is 38.8. The molecule has 1 saturated carbocycles. The first kappa shape index (κ1) is 10.4. The van der Waals surface area contributed by atoms with Gasteiger partial charge < -0.3 is 10.1 Å². The van der Waals surface area contributed by atoms with Crippen LogP contribution in [0.5, 0.6) is 0 Å². The molecule has 2 fully saturated rings. The van der Waals surface area contributed by atoms with Crippen LogP contribution in [0.1, 0.15) is 39.0 Å². The van der Waals surface area contributed by atoms with E-state index in [1.165, 1.54) is 38.6 Å². The average Bonchev–Trinajstić information content (AvgIpc) is 2.63. The van der Waals surface area contributed by atoms with Crippen molar-refractivity contribution in [3.63, 3.8) is 0 Å². The van der Waals surface area contributed by atoms with Gasteiger partial charge in [-0.05, 0) is 37.6 Å². The van der Waals surface area contributed by atoms with E-state index in [0.717, 1.165) is 25.0 Å². The molecule has 14 heavy (non-hydrogen) atoms. The molecule has 1 N–H and O–H groups in total. The van der Waals surface area contributed by atoms with Gasteiger partial charge >= 0.3 is 0 Å². The molecule has 0 radical (unpaired) electrons. The number of rotatable bonds is 3. The van der Waals surface area contributed by atoms with Crippen LogP contribution in [0.3, 0.4) is 0 Å². The zero-order valence-corrected chi connectivity index (χ0v) is 9.30. The van der Waals surface area contributed by atoms with Crippen LogP contribution in [0.25, 0.3) is 0 Å². The lowest BCUT2D eigenvalue weighted by Crippen LogP contribution is -2.39. The second-order valence-corrected chi connectivity index (χ2v) is 4.99. The van der Waals surface area contributed by atoms with Gasteiger partial charge in [-0.3, -0.25) is 0 Å². The fourth-order valence-electron chi connectivity index (χ4n) is 2.75. The third-order valence-corrected chi connectivity index (χ3v) is 3.87. The Hall–Kier alpha value is -0.0800. The van der Waals surface area contributed by atoms with E-state index in [-0.39, 0.29) is 0 Å². The zero-order chi connectivity index (χ0) is 9.80. The molecule has 3 atom stereocenters. The van der Waals surface area contributed by atoms with Crippen LogP contribution in [0.15, 0.2) is 0 Å². The summed E-state index contributed by atoms with van der Waals surface area (Å²) in [5, 5.41) is 3.67. The standard InChI is InChI=1S/C12H23NO/c1-10-4-2-5-11(10)8-13-12-6-3-7-14-9-12/h10-13H,2-9H2,1H3. The van der Waals surface area contributed by atoms with Crippen molar-refractivity contribution in [2.75, 3.05) is 19.8 Å². The van der Waals surface area contributed by atoms with Crippen molar-refractivity contribution < 1.29 is 4.74 Å². The van der Waals surface area contributed by atoms with Crippen molar-refractivity contribution in [2.24, 2.45) is 11.8 Å². The molecule has 0 amide bonds. The molecule has 3 unspecified atom stereocenters. The molecule has 0 spiro atoms. The first-order valence-corrected chi connectivity index (χ1v) is 6.17. The Morgan fingerprint density at radius 1 is 1.21 bits per heavy atom. The number of ether oxygens (including phenoxy) is 1. The first-order chi connectivity index (χ1) is 6.86. The summed E-state index contributed by atoms with van der Waals surface area (Å²) in [7, 11) is 0. The Kier molecular flexibility index (Phi) is 3.82.